The molecule has 0 aliphatic heterocycles. The van der Waals surface area contributed by atoms with E-state index in [4.69, 9.17) is 8.37 Å². The van der Waals surface area contributed by atoms with Gasteiger partial charge in [0.2, 0.25) is 0 Å². The lowest BCUT2D eigenvalue weighted by molar-refractivity contribution is -0.145. The van der Waals surface area contributed by atoms with Crippen molar-refractivity contribution in [1.29, 1.82) is 0 Å². The van der Waals surface area contributed by atoms with Gasteiger partial charge >= 0.3 is 5.97 Å². The molecule has 8 nitrogen and oxygen atoms in total. The zero-order chi connectivity index (χ0) is 14.8. The Balaban J connectivity index is 2.87. The average molecular weight is 316 g/mol. The maximum atomic E-state index is 11.4. The highest BCUT2D eigenvalue weighted by Crippen LogP contribution is 2.33. The fraction of sp³-hybridized carbons (Fsp3) is 0.889. The molecule has 0 aromatic heterocycles. The summed E-state index contributed by atoms with van der Waals surface area (Å²) in [6.45, 7) is 0. The van der Waals surface area contributed by atoms with E-state index in [1.165, 1.54) is 7.11 Å². The van der Waals surface area contributed by atoms with E-state index in [9.17, 15) is 21.6 Å². The second-order valence-electron chi connectivity index (χ2n) is 4.37. The number of carbonyl (C=O) groups is 1. The van der Waals surface area contributed by atoms with E-state index >= 15 is 0 Å². The van der Waals surface area contributed by atoms with E-state index in [2.05, 4.69) is 4.74 Å². The normalized spacial score (nSPS) is 25.4. The van der Waals surface area contributed by atoms with Gasteiger partial charge < -0.3 is 4.74 Å². The van der Waals surface area contributed by atoms with Gasteiger partial charge in [-0.1, -0.05) is 0 Å². The van der Waals surface area contributed by atoms with Gasteiger partial charge in [-0.3, -0.25) is 13.2 Å². The van der Waals surface area contributed by atoms with Crippen molar-refractivity contribution < 1.29 is 34.7 Å². The first kappa shape index (κ1) is 16.3. The van der Waals surface area contributed by atoms with Crippen LogP contribution in [0.4, 0.5) is 0 Å². The molecule has 1 aliphatic rings. The molecule has 1 rings (SSSR count). The van der Waals surface area contributed by atoms with Crippen molar-refractivity contribution in [3.05, 3.63) is 0 Å². The highest BCUT2D eigenvalue weighted by molar-refractivity contribution is 7.86. The third kappa shape index (κ3) is 5.43. The Labute approximate surface area is 112 Å². The molecular formula is C9H16O8S2. The summed E-state index contributed by atoms with van der Waals surface area (Å²) in [6.07, 6.45) is -0.297. The Bertz CT molecular complexity index is 493. The van der Waals surface area contributed by atoms with Crippen molar-refractivity contribution in [3.63, 3.8) is 0 Å². The summed E-state index contributed by atoms with van der Waals surface area (Å²) < 4.78 is 58.5. The molecule has 10 heteroatoms. The number of rotatable bonds is 5. The van der Waals surface area contributed by atoms with E-state index in [0.29, 0.717) is 0 Å². The monoisotopic (exact) mass is 316 g/mol. The van der Waals surface area contributed by atoms with Gasteiger partial charge in [0.25, 0.3) is 20.2 Å². The van der Waals surface area contributed by atoms with Crippen LogP contribution < -0.4 is 0 Å². The van der Waals surface area contributed by atoms with Gasteiger partial charge in [0.15, 0.2) is 0 Å². The lowest BCUT2D eigenvalue weighted by Crippen LogP contribution is -2.30. The van der Waals surface area contributed by atoms with Gasteiger partial charge in [0.05, 0.1) is 25.5 Å². The van der Waals surface area contributed by atoms with Crippen LogP contribution >= 0.6 is 0 Å². The van der Waals surface area contributed by atoms with Gasteiger partial charge in [0, 0.05) is 0 Å². The number of ether oxygens (including phenoxy) is 1. The Hall–Kier alpha value is -0.710. The largest absolute Gasteiger partial charge is 0.469 e. The van der Waals surface area contributed by atoms with Crippen LogP contribution in [-0.4, -0.2) is 54.6 Å². The van der Waals surface area contributed by atoms with Gasteiger partial charge in [-0.25, -0.2) is 0 Å². The molecular weight excluding hydrogens is 300 g/mol. The molecule has 0 unspecified atom stereocenters. The van der Waals surface area contributed by atoms with Crippen molar-refractivity contribution in [2.45, 2.75) is 25.0 Å². The van der Waals surface area contributed by atoms with Gasteiger partial charge in [-0.05, 0) is 12.8 Å². The molecule has 0 aromatic carbocycles. The SMILES string of the molecule is COC(=O)C1C[C@@H](OS(C)(=O)=O)[C@H](OS(C)(=O)=O)C1. The minimum Gasteiger partial charge on any atom is -0.469 e. The average Bonchev–Trinajstić information content (AvgIpc) is 2.55. The van der Waals surface area contributed by atoms with E-state index in [-0.39, 0.29) is 12.8 Å². The summed E-state index contributed by atoms with van der Waals surface area (Å²) in [5, 5.41) is 0. The minimum atomic E-state index is -3.78. The molecule has 1 aliphatic carbocycles. The minimum absolute atomic E-state index is 0.0277. The van der Waals surface area contributed by atoms with Gasteiger partial charge in [-0.2, -0.15) is 16.8 Å². The van der Waals surface area contributed by atoms with Crippen molar-refractivity contribution in [3.8, 4) is 0 Å². The highest BCUT2D eigenvalue weighted by Gasteiger charge is 2.43. The van der Waals surface area contributed by atoms with Crippen LogP contribution in [0.2, 0.25) is 0 Å². The summed E-state index contributed by atoms with van der Waals surface area (Å²) in [5.41, 5.74) is 0. The van der Waals surface area contributed by atoms with Crippen molar-refractivity contribution >= 4 is 26.2 Å². The maximum absolute atomic E-state index is 11.4. The Morgan fingerprint density at radius 2 is 1.32 bits per heavy atom. The number of hydrogen-bond donors (Lipinski definition) is 0. The lowest BCUT2D eigenvalue weighted by Gasteiger charge is -2.17. The fourth-order valence-corrected chi connectivity index (χ4v) is 3.27. The maximum Gasteiger partial charge on any atom is 0.308 e. The van der Waals surface area contributed by atoms with E-state index in [1.54, 1.807) is 0 Å². The highest BCUT2D eigenvalue weighted by atomic mass is 32.2. The summed E-state index contributed by atoms with van der Waals surface area (Å²) in [7, 11) is -6.36. The second kappa shape index (κ2) is 5.73. The van der Waals surface area contributed by atoms with E-state index in [0.717, 1.165) is 12.5 Å². The number of esters is 1. The van der Waals surface area contributed by atoms with Crippen LogP contribution in [0.3, 0.4) is 0 Å². The predicted molar refractivity (Wildman–Crippen MR) is 64.2 cm³/mol. The standard InChI is InChI=1S/C9H16O8S2/c1-15-9(10)6-4-7(16-18(2,11)12)8(5-6)17-19(3,13)14/h6-8H,4-5H2,1-3H3/t7-,8-/m1/s1. The fourth-order valence-electron chi connectivity index (χ4n) is 1.97. The zero-order valence-electron chi connectivity index (χ0n) is 10.7. The second-order valence-corrected chi connectivity index (χ2v) is 7.57. The molecule has 1 fully saturated rings. The molecule has 0 aromatic rings. The first-order valence-corrected chi connectivity index (χ1v) is 8.99. The Kier molecular flexibility index (Phi) is 4.93. The van der Waals surface area contributed by atoms with Crippen LogP contribution in [0.15, 0.2) is 0 Å². The molecule has 0 bridgehead atoms. The molecule has 19 heavy (non-hydrogen) atoms. The molecule has 0 heterocycles. The molecule has 1 saturated carbocycles. The van der Waals surface area contributed by atoms with Crippen LogP contribution in [0, 0.1) is 5.92 Å². The topological polar surface area (TPSA) is 113 Å². The molecule has 0 N–H and O–H groups in total. The van der Waals surface area contributed by atoms with E-state index in [1.807, 2.05) is 0 Å². The summed E-state index contributed by atoms with van der Waals surface area (Å²) >= 11 is 0. The quantitative estimate of drug-likeness (QED) is 0.481. The van der Waals surface area contributed by atoms with Crippen molar-refractivity contribution in [1.82, 2.24) is 0 Å². The molecule has 2 atom stereocenters. The van der Waals surface area contributed by atoms with Crippen LogP contribution in [0.1, 0.15) is 12.8 Å². The number of hydrogen-bond acceptors (Lipinski definition) is 8. The van der Waals surface area contributed by atoms with Crippen molar-refractivity contribution in [2.24, 2.45) is 5.92 Å². The first-order chi connectivity index (χ1) is 8.52. The number of methoxy groups -OCH3 is 1. The lowest BCUT2D eigenvalue weighted by atomic mass is 10.1. The van der Waals surface area contributed by atoms with Gasteiger partial charge in [-0.15, -0.1) is 0 Å². The third-order valence-electron chi connectivity index (χ3n) is 2.58. The number of carbonyl (C=O) groups excluding carboxylic acids is 1. The first-order valence-electron chi connectivity index (χ1n) is 5.36. The smallest absolute Gasteiger partial charge is 0.308 e. The van der Waals surface area contributed by atoms with Crippen molar-refractivity contribution in [2.75, 3.05) is 19.6 Å². The molecule has 0 spiro atoms. The van der Waals surface area contributed by atoms with E-state index < -0.39 is 44.3 Å². The zero-order valence-corrected chi connectivity index (χ0v) is 12.4. The molecule has 0 saturated heterocycles. The van der Waals surface area contributed by atoms with Crippen LogP contribution in [-0.2, 0) is 38.1 Å². The Morgan fingerprint density at radius 1 is 0.947 bits per heavy atom. The Morgan fingerprint density at radius 3 is 1.58 bits per heavy atom. The summed E-state index contributed by atoms with van der Waals surface area (Å²) in [4.78, 5) is 11.4. The third-order valence-corrected chi connectivity index (χ3v) is 3.77. The van der Waals surface area contributed by atoms with Gasteiger partial charge in [0.1, 0.15) is 12.2 Å². The van der Waals surface area contributed by atoms with Crippen LogP contribution in [0.5, 0.6) is 0 Å². The molecule has 112 valence electrons. The predicted octanol–water partition coefficient (Wildman–Crippen LogP) is -0.741. The van der Waals surface area contributed by atoms with Crippen LogP contribution in [0.25, 0.3) is 0 Å². The molecule has 0 amide bonds. The summed E-state index contributed by atoms with van der Waals surface area (Å²) in [5.74, 6) is -1.20. The summed E-state index contributed by atoms with van der Waals surface area (Å²) in [6, 6.07) is 0. The molecule has 0 radical (unpaired) electrons.